The summed E-state index contributed by atoms with van der Waals surface area (Å²) in [4.78, 5) is 0. The van der Waals surface area contributed by atoms with Crippen molar-refractivity contribution in [2.24, 2.45) is 17.8 Å². The van der Waals surface area contributed by atoms with Gasteiger partial charge in [0.25, 0.3) is 0 Å². The normalized spacial score (nSPS) is 42.2. The zero-order valence-electron chi connectivity index (χ0n) is 11.0. The zero-order valence-corrected chi connectivity index (χ0v) is 11.0. The third-order valence-electron chi connectivity index (χ3n) is 4.76. The summed E-state index contributed by atoms with van der Waals surface area (Å²) >= 11 is 0. The molecular weight excluding hydrogens is 241 g/mol. The van der Waals surface area contributed by atoms with Crippen LogP contribution in [0.4, 0.5) is 13.2 Å². The molecule has 0 aromatic carbocycles. The summed E-state index contributed by atoms with van der Waals surface area (Å²) in [7, 11) is 0. The molecular formula is C14H23F3O. The summed E-state index contributed by atoms with van der Waals surface area (Å²) in [5.74, 6) is 1.78. The second-order valence-electron chi connectivity index (χ2n) is 6.04. The molecule has 3 atom stereocenters. The van der Waals surface area contributed by atoms with Crippen LogP contribution in [0.3, 0.4) is 0 Å². The van der Waals surface area contributed by atoms with E-state index in [0.717, 1.165) is 12.3 Å². The molecule has 0 aliphatic heterocycles. The molecule has 0 saturated heterocycles. The molecule has 2 aliphatic rings. The van der Waals surface area contributed by atoms with Crippen molar-refractivity contribution in [1.29, 1.82) is 0 Å². The molecule has 0 radical (unpaired) electrons. The minimum Gasteiger partial charge on any atom is -0.317 e. The molecule has 0 heterocycles. The van der Waals surface area contributed by atoms with Gasteiger partial charge in [-0.25, -0.2) is 4.39 Å². The van der Waals surface area contributed by atoms with Gasteiger partial charge in [0.15, 0.2) is 0 Å². The fourth-order valence-corrected chi connectivity index (χ4v) is 3.59. The van der Waals surface area contributed by atoms with E-state index in [-0.39, 0.29) is 0 Å². The van der Waals surface area contributed by atoms with Crippen molar-refractivity contribution in [1.82, 2.24) is 0 Å². The van der Waals surface area contributed by atoms with Crippen molar-refractivity contribution >= 4 is 0 Å². The van der Waals surface area contributed by atoms with Crippen LogP contribution in [0.15, 0.2) is 0 Å². The van der Waals surface area contributed by atoms with Crippen LogP contribution < -0.4 is 0 Å². The van der Waals surface area contributed by atoms with Gasteiger partial charge in [0, 0.05) is 0 Å². The minimum atomic E-state index is -2.85. The Bertz CT molecular complexity index is 251. The summed E-state index contributed by atoms with van der Waals surface area (Å²) in [6.07, 6.45) is 4.43. The van der Waals surface area contributed by atoms with Crippen LogP contribution in [0, 0.1) is 17.8 Å². The van der Waals surface area contributed by atoms with E-state index in [9.17, 15) is 13.2 Å². The first kappa shape index (κ1) is 14.2. The largest absolute Gasteiger partial charge is 0.345 e. The number of hydrogen-bond donors (Lipinski definition) is 0. The second-order valence-corrected chi connectivity index (χ2v) is 6.04. The smallest absolute Gasteiger partial charge is 0.317 e. The Kier molecular flexibility index (Phi) is 4.93. The Labute approximate surface area is 107 Å². The Hall–Kier alpha value is -0.250. The van der Waals surface area contributed by atoms with Gasteiger partial charge in [-0.3, -0.25) is 0 Å². The molecule has 1 nitrogen and oxygen atoms in total. The van der Waals surface area contributed by atoms with Gasteiger partial charge in [-0.1, -0.05) is 19.8 Å². The average Bonchev–Trinajstić information content (AvgIpc) is 2.32. The van der Waals surface area contributed by atoms with Crippen molar-refractivity contribution < 1.29 is 17.9 Å². The lowest BCUT2D eigenvalue weighted by atomic mass is 9.70. The molecule has 2 aliphatic carbocycles. The van der Waals surface area contributed by atoms with Crippen molar-refractivity contribution in [3.05, 3.63) is 0 Å². The molecule has 2 fully saturated rings. The molecule has 0 spiro atoms. The maximum absolute atomic E-state index is 13.8. The Morgan fingerprint density at radius 3 is 2.11 bits per heavy atom. The summed E-state index contributed by atoms with van der Waals surface area (Å²) in [6.45, 7) is -0.581. The lowest BCUT2D eigenvalue weighted by Gasteiger charge is -2.38. The topological polar surface area (TPSA) is 9.23 Å². The highest BCUT2D eigenvalue weighted by Gasteiger charge is 2.37. The third-order valence-corrected chi connectivity index (χ3v) is 4.76. The Morgan fingerprint density at radius 1 is 0.944 bits per heavy atom. The molecule has 0 aromatic rings. The van der Waals surface area contributed by atoms with Gasteiger partial charge in [0.2, 0.25) is 0 Å². The van der Waals surface area contributed by atoms with Crippen LogP contribution in [0.2, 0.25) is 0 Å². The van der Waals surface area contributed by atoms with Crippen molar-refractivity contribution in [3.8, 4) is 0 Å². The molecule has 2 saturated carbocycles. The minimum absolute atomic E-state index is 0.380. The van der Waals surface area contributed by atoms with Crippen LogP contribution in [0.1, 0.15) is 51.9 Å². The van der Waals surface area contributed by atoms with E-state index in [2.05, 4.69) is 11.7 Å². The second kappa shape index (κ2) is 6.27. The molecule has 4 heteroatoms. The van der Waals surface area contributed by atoms with Gasteiger partial charge >= 0.3 is 6.61 Å². The van der Waals surface area contributed by atoms with Gasteiger partial charge in [-0.15, -0.1) is 0 Å². The number of hydrogen-bond acceptors (Lipinski definition) is 1. The highest BCUT2D eigenvalue weighted by atomic mass is 19.3. The van der Waals surface area contributed by atoms with Crippen LogP contribution in [0.25, 0.3) is 0 Å². The molecule has 0 aromatic heterocycles. The average molecular weight is 264 g/mol. The first-order chi connectivity index (χ1) is 8.56. The van der Waals surface area contributed by atoms with Crippen LogP contribution in [0.5, 0.6) is 0 Å². The van der Waals surface area contributed by atoms with Crippen molar-refractivity contribution in [2.75, 3.05) is 0 Å². The molecule has 106 valence electrons. The SMILES string of the molecule is CC1CCC(C2CCC(OC(F)F)C(F)C2)CC1. The van der Waals surface area contributed by atoms with E-state index in [4.69, 9.17) is 0 Å². The molecule has 3 unspecified atom stereocenters. The number of halogens is 3. The van der Waals surface area contributed by atoms with Gasteiger partial charge in [0.05, 0.1) is 6.10 Å². The van der Waals surface area contributed by atoms with E-state index >= 15 is 0 Å². The van der Waals surface area contributed by atoms with Crippen molar-refractivity contribution in [3.63, 3.8) is 0 Å². The molecule has 0 N–H and O–H groups in total. The first-order valence-corrected chi connectivity index (χ1v) is 7.14. The maximum atomic E-state index is 13.8. The zero-order chi connectivity index (χ0) is 13.1. The van der Waals surface area contributed by atoms with Crippen LogP contribution in [-0.4, -0.2) is 18.9 Å². The van der Waals surface area contributed by atoms with Gasteiger partial charge < -0.3 is 4.74 Å². The monoisotopic (exact) mass is 264 g/mol. The summed E-state index contributed by atoms with van der Waals surface area (Å²) in [5, 5.41) is 0. The van der Waals surface area contributed by atoms with Gasteiger partial charge in [0.1, 0.15) is 6.17 Å². The fourth-order valence-electron chi connectivity index (χ4n) is 3.59. The number of ether oxygens (including phenoxy) is 1. The quantitative estimate of drug-likeness (QED) is 0.726. The highest BCUT2D eigenvalue weighted by molar-refractivity contribution is 4.86. The van der Waals surface area contributed by atoms with Crippen LogP contribution in [-0.2, 0) is 4.74 Å². The first-order valence-electron chi connectivity index (χ1n) is 7.14. The van der Waals surface area contributed by atoms with E-state index in [0.29, 0.717) is 24.7 Å². The Morgan fingerprint density at radius 2 is 1.56 bits per heavy atom. The van der Waals surface area contributed by atoms with E-state index in [1.165, 1.54) is 25.7 Å². The third kappa shape index (κ3) is 3.62. The van der Waals surface area contributed by atoms with E-state index in [1.807, 2.05) is 0 Å². The van der Waals surface area contributed by atoms with Crippen LogP contribution >= 0.6 is 0 Å². The number of rotatable bonds is 3. The molecule has 18 heavy (non-hydrogen) atoms. The van der Waals surface area contributed by atoms with E-state index < -0.39 is 18.9 Å². The number of alkyl halides is 3. The molecule has 0 amide bonds. The van der Waals surface area contributed by atoms with E-state index in [1.54, 1.807) is 0 Å². The lowest BCUT2D eigenvalue weighted by molar-refractivity contribution is -0.189. The summed E-state index contributed by atoms with van der Waals surface area (Å²) in [6, 6.07) is 0. The van der Waals surface area contributed by atoms with Crippen molar-refractivity contribution in [2.45, 2.75) is 70.8 Å². The fraction of sp³-hybridized carbons (Fsp3) is 1.00. The highest BCUT2D eigenvalue weighted by Crippen LogP contribution is 2.41. The lowest BCUT2D eigenvalue weighted by Crippen LogP contribution is -2.37. The predicted octanol–water partition coefficient (Wildman–Crippen LogP) is 4.56. The summed E-state index contributed by atoms with van der Waals surface area (Å²) < 4.78 is 42.4. The summed E-state index contributed by atoms with van der Waals surface area (Å²) in [5.41, 5.74) is 0. The predicted molar refractivity (Wildman–Crippen MR) is 64.2 cm³/mol. The van der Waals surface area contributed by atoms with Gasteiger partial charge in [-0.05, 0) is 49.9 Å². The molecule has 0 bridgehead atoms. The van der Waals surface area contributed by atoms with Gasteiger partial charge in [-0.2, -0.15) is 8.78 Å². The maximum Gasteiger partial charge on any atom is 0.345 e. The standard InChI is InChI=1S/C14H23F3O/c1-9-2-4-10(5-3-9)11-6-7-13(12(15)8-11)18-14(16)17/h9-14H,2-8H2,1H3. The Balaban J connectivity index is 1.80. The molecule has 2 rings (SSSR count).